The highest BCUT2D eigenvalue weighted by Crippen LogP contribution is 2.20. The Morgan fingerprint density at radius 3 is 2.31 bits per heavy atom. The van der Waals surface area contributed by atoms with Crippen molar-refractivity contribution in [3.05, 3.63) is 89.0 Å². The summed E-state index contributed by atoms with van der Waals surface area (Å²) in [6.07, 6.45) is 1.61. The molecule has 0 saturated heterocycles. The highest BCUT2D eigenvalue weighted by Gasteiger charge is 2.10. The van der Waals surface area contributed by atoms with Crippen molar-refractivity contribution in [2.24, 2.45) is 0 Å². The molecule has 0 fully saturated rings. The fourth-order valence-corrected chi connectivity index (χ4v) is 2.63. The number of nitrogens with zero attached hydrogens (tertiary/aromatic N) is 1. The predicted octanol–water partition coefficient (Wildman–Crippen LogP) is 4.70. The van der Waals surface area contributed by atoms with E-state index in [0.717, 1.165) is 28.1 Å². The number of aryl methyl sites for hydroxylation is 2. The van der Waals surface area contributed by atoms with Gasteiger partial charge in [0.1, 0.15) is 11.5 Å². The smallest absolute Gasteiger partial charge is 0.274 e. The first-order valence-corrected chi connectivity index (χ1v) is 8.35. The summed E-state index contributed by atoms with van der Waals surface area (Å²) in [4.78, 5) is 16.6. The van der Waals surface area contributed by atoms with E-state index >= 15 is 0 Å². The molecule has 1 heterocycles. The van der Waals surface area contributed by atoms with Crippen molar-refractivity contribution in [1.82, 2.24) is 4.98 Å². The van der Waals surface area contributed by atoms with E-state index in [4.69, 9.17) is 0 Å². The molecule has 0 atom stereocenters. The molecule has 2 aromatic carbocycles. The molecule has 4 nitrogen and oxygen atoms in total. The molecule has 0 unspecified atom stereocenters. The molecular formula is C21H20FN3O. The molecule has 1 aromatic heterocycles. The normalized spacial score (nSPS) is 10.4. The van der Waals surface area contributed by atoms with Gasteiger partial charge in [-0.3, -0.25) is 4.79 Å². The van der Waals surface area contributed by atoms with Gasteiger partial charge in [-0.25, -0.2) is 9.37 Å². The molecular weight excluding hydrogens is 329 g/mol. The lowest BCUT2D eigenvalue weighted by molar-refractivity contribution is 0.102. The lowest BCUT2D eigenvalue weighted by atomic mass is 10.1. The quantitative estimate of drug-likeness (QED) is 0.702. The maximum absolute atomic E-state index is 12.9. The number of para-hydroxylation sites is 1. The van der Waals surface area contributed by atoms with E-state index in [1.807, 2.05) is 32.0 Å². The third-order valence-electron chi connectivity index (χ3n) is 4.13. The van der Waals surface area contributed by atoms with E-state index in [9.17, 15) is 9.18 Å². The Kier molecular flexibility index (Phi) is 5.27. The Balaban J connectivity index is 1.63. The number of pyridine rings is 1. The van der Waals surface area contributed by atoms with Crippen molar-refractivity contribution in [2.45, 2.75) is 20.4 Å². The Hall–Kier alpha value is -3.21. The van der Waals surface area contributed by atoms with Gasteiger partial charge in [0.25, 0.3) is 5.91 Å². The fraction of sp³-hybridized carbons (Fsp3) is 0.143. The number of hydrogen-bond acceptors (Lipinski definition) is 3. The number of carbonyl (C=O) groups is 1. The van der Waals surface area contributed by atoms with Crippen LogP contribution >= 0.6 is 0 Å². The third-order valence-corrected chi connectivity index (χ3v) is 4.13. The van der Waals surface area contributed by atoms with Crippen LogP contribution in [0, 0.1) is 19.7 Å². The average molecular weight is 349 g/mol. The molecule has 0 bridgehead atoms. The third kappa shape index (κ3) is 4.25. The molecule has 2 N–H and O–H groups in total. The van der Waals surface area contributed by atoms with E-state index in [2.05, 4.69) is 15.6 Å². The molecule has 1 amide bonds. The summed E-state index contributed by atoms with van der Waals surface area (Å²) in [7, 11) is 0. The SMILES string of the molecule is Cc1cccc(C)c1NC(=O)c1ccc(NCc2ccc(F)cc2)cn1. The molecule has 3 aromatic rings. The second-order valence-corrected chi connectivity index (χ2v) is 6.13. The lowest BCUT2D eigenvalue weighted by Gasteiger charge is -2.11. The number of rotatable bonds is 5. The number of benzene rings is 2. The van der Waals surface area contributed by atoms with Crippen molar-refractivity contribution in [3.63, 3.8) is 0 Å². The summed E-state index contributed by atoms with van der Waals surface area (Å²) in [5, 5.41) is 6.12. The van der Waals surface area contributed by atoms with Crippen LogP contribution in [0.25, 0.3) is 0 Å². The molecule has 0 aliphatic carbocycles. The van der Waals surface area contributed by atoms with Crippen LogP contribution in [0.5, 0.6) is 0 Å². The van der Waals surface area contributed by atoms with Gasteiger partial charge in [0, 0.05) is 12.2 Å². The first kappa shape index (κ1) is 17.6. The van der Waals surface area contributed by atoms with Crippen LogP contribution in [-0.2, 0) is 6.54 Å². The largest absolute Gasteiger partial charge is 0.380 e. The molecule has 3 rings (SSSR count). The zero-order valence-corrected chi connectivity index (χ0v) is 14.7. The number of nitrogens with one attached hydrogen (secondary N) is 2. The summed E-state index contributed by atoms with van der Waals surface area (Å²) in [6, 6.07) is 15.7. The van der Waals surface area contributed by atoms with E-state index < -0.39 is 0 Å². The summed E-state index contributed by atoms with van der Waals surface area (Å²) < 4.78 is 12.9. The Morgan fingerprint density at radius 1 is 1.00 bits per heavy atom. The molecule has 0 aliphatic rings. The van der Waals surface area contributed by atoms with Gasteiger partial charge in [-0.05, 0) is 54.8 Å². The Labute approximate surface area is 152 Å². The van der Waals surface area contributed by atoms with Gasteiger partial charge in [-0.1, -0.05) is 30.3 Å². The molecule has 0 radical (unpaired) electrons. The van der Waals surface area contributed by atoms with Gasteiger partial charge in [0.05, 0.1) is 11.9 Å². The lowest BCUT2D eigenvalue weighted by Crippen LogP contribution is -2.15. The van der Waals surface area contributed by atoms with Crippen LogP contribution < -0.4 is 10.6 Å². The summed E-state index contributed by atoms with van der Waals surface area (Å²) in [6.45, 7) is 4.47. The zero-order chi connectivity index (χ0) is 18.5. The van der Waals surface area contributed by atoms with Crippen LogP contribution in [0.1, 0.15) is 27.2 Å². The molecule has 132 valence electrons. The Bertz CT molecular complexity index is 885. The summed E-state index contributed by atoms with van der Waals surface area (Å²) >= 11 is 0. The first-order chi connectivity index (χ1) is 12.5. The topological polar surface area (TPSA) is 54.0 Å². The van der Waals surface area contributed by atoms with Crippen LogP contribution in [0.2, 0.25) is 0 Å². The van der Waals surface area contributed by atoms with Crippen LogP contribution in [0.3, 0.4) is 0 Å². The molecule has 0 aliphatic heterocycles. The summed E-state index contributed by atoms with van der Waals surface area (Å²) in [5.41, 5.74) is 4.94. The number of amides is 1. The van der Waals surface area contributed by atoms with Crippen molar-refractivity contribution in [3.8, 4) is 0 Å². The first-order valence-electron chi connectivity index (χ1n) is 8.35. The average Bonchev–Trinajstić information content (AvgIpc) is 2.65. The maximum Gasteiger partial charge on any atom is 0.274 e. The molecule has 0 spiro atoms. The number of aromatic nitrogens is 1. The number of halogens is 1. The number of anilines is 2. The standard InChI is InChI=1S/C21H20FN3O/c1-14-4-3-5-15(2)20(14)25-21(26)19-11-10-18(13-24-19)23-12-16-6-8-17(22)9-7-16/h3-11,13,23H,12H2,1-2H3,(H,25,26). The van der Waals surface area contributed by atoms with Gasteiger partial charge >= 0.3 is 0 Å². The zero-order valence-electron chi connectivity index (χ0n) is 14.7. The van der Waals surface area contributed by atoms with E-state index in [1.54, 1.807) is 30.5 Å². The van der Waals surface area contributed by atoms with Crippen LogP contribution in [0.15, 0.2) is 60.8 Å². The van der Waals surface area contributed by atoms with Crippen molar-refractivity contribution < 1.29 is 9.18 Å². The van der Waals surface area contributed by atoms with Crippen molar-refractivity contribution >= 4 is 17.3 Å². The van der Waals surface area contributed by atoms with Crippen molar-refractivity contribution in [2.75, 3.05) is 10.6 Å². The van der Waals surface area contributed by atoms with Gasteiger partial charge in [0.2, 0.25) is 0 Å². The van der Waals surface area contributed by atoms with Gasteiger partial charge in [0.15, 0.2) is 0 Å². The van der Waals surface area contributed by atoms with Crippen LogP contribution in [0.4, 0.5) is 15.8 Å². The monoisotopic (exact) mass is 349 g/mol. The minimum Gasteiger partial charge on any atom is -0.380 e. The number of carbonyl (C=O) groups excluding carboxylic acids is 1. The van der Waals surface area contributed by atoms with Gasteiger partial charge in [-0.15, -0.1) is 0 Å². The van der Waals surface area contributed by atoms with E-state index in [-0.39, 0.29) is 11.7 Å². The molecule has 26 heavy (non-hydrogen) atoms. The van der Waals surface area contributed by atoms with E-state index in [1.165, 1.54) is 12.1 Å². The molecule has 5 heteroatoms. The van der Waals surface area contributed by atoms with Crippen molar-refractivity contribution in [1.29, 1.82) is 0 Å². The maximum atomic E-state index is 12.9. The minimum atomic E-state index is -0.255. The van der Waals surface area contributed by atoms with Gasteiger partial charge < -0.3 is 10.6 Å². The second-order valence-electron chi connectivity index (χ2n) is 6.13. The second kappa shape index (κ2) is 7.78. The number of hydrogen-bond donors (Lipinski definition) is 2. The fourth-order valence-electron chi connectivity index (χ4n) is 2.63. The summed E-state index contributed by atoms with van der Waals surface area (Å²) in [5.74, 6) is -0.498. The minimum absolute atomic E-state index is 0.243. The highest BCUT2D eigenvalue weighted by atomic mass is 19.1. The van der Waals surface area contributed by atoms with Gasteiger partial charge in [-0.2, -0.15) is 0 Å². The van der Waals surface area contributed by atoms with Crippen LogP contribution in [-0.4, -0.2) is 10.9 Å². The highest BCUT2D eigenvalue weighted by molar-refractivity contribution is 6.03. The molecule has 0 saturated carbocycles. The Morgan fingerprint density at radius 2 is 1.69 bits per heavy atom. The predicted molar refractivity (Wildman–Crippen MR) is 102 cm³/mol. The van der Waals surface area contributed by atoms with E-state index in [0.29, 0.717) is 12.2 Å².